The number of hydrogen-bond donors (Lipinski definition) is 0. The van der Waals surface area contributed by atoms with Crippen molar-refractivity contribution in [3.05, 3.63) is 146 Å². The Labute approximate surface area is 262 Å². The molecule has 0 nitrogen and oxygen atoms in total. The van der Waals surface area contributed by atoms with E-state index in [0.717, 1.165) is 0 Å². The van der Waals surface area contributed by atoms with E-state index < -0.39 is 0 Å². The predicted octanol–water partition coefficient (Wildman–Crippen LogP) is 13.2. The van der Waals surface area contributed by atoms with Crippen molar-refractivity contribution in [3.8, 4) is 22.3 Å². The van der Waals surface area contributed by atoms with Crippen molar-refractivity contribution in [2.75, 3.05) is 0 Å². The lowest BCUT2D eigenvalue weighted by molar-refractivity contribution is 1.66. The lowest BCUT2D eigenvalue weighted by Crippen LogP contribution is -1.84. The van der Waals surface area contributed by atoms with Crippen molar-refractivity contribution in [3.63, 3.8) is 0 Å². The molecule has 0 saturated carbocycles. The zero-order chi connectivity index (χ0) is 28.8. The molecule has 0 radical (unpaired) electrons. The summed E-state index contributed by atoms with van der Waals surface area (Å²) in [6.45, 7) is 0. The van der Waals surface area contributed by atoms with E-state index in [4.69, 9.17) is 0 Å². The smallest absolute Gasteiger partial charge is 0.0542 e. The minimum Gasteiger partial charge on any atom is -0.134 e. The first-order chi connectivity index (χ1) is 21.7. The Kier molecular flexibility index (Phi) is 5.13. The molecule has 44 heavy (non-hydrogen) atoms. The van der Waals surface area contributed by atoms with Crippen LogP contribution in [0.2, 0.25) is 0 Å². The molecule has 2 aromatic heterocycles. The third-order valence-corrected chi connectivity index (χ3v) is 11.7. The number of hydrogen-bond acceptors (Lipinski definition) is 2. The van der Waals surface area contributed by atoms with Crippen LogP contribution in [0, 0.1) is 0 Å². The normalized spacial score (nSPS) is 12.1. The Hall–Kier alpha value is -5.02. The van der Waals surface area contributed by atoms with Crippen LogP contribution in [0.3, 0.4) is 0 Å². The van der Waals surface area contributed by atoms with E-state index in [1.54, 1.807) is 0 Å². The maximum Gasteiger partial charge on any atom is 0.0542 e. The first-order valence-electron chi connectivity index (χ1n) is 15.0. The Morgan fingerprint density at radius 3 is 1.48 bits per heavy atom. The molecule has 0 amide bonds. The van der Waals surface area contributed by atoms with E-state index in [1.807, 2.05) is 22.7 Å². The van der Waals surface area contributed by atoms with Crippen molar-refractivity contribution < 1.29 is 0 Å². The Morgan fingerprint density at radius 2 is 0.773 bits per heavy atom. The van der Waals surface area contributed by atoms with Crippen molar-refractivity contribution in [1.29, 1.82) is 0 Å². The summed E-state index contributed by atoms with van der Waals surface area (Å²) in [6.07, 6.45) is 0. The molecular formula is C42H24S2. The topological polar surface area (TPSA) is 0 Å². The van der Waals surface area contributed by atoms with Gasteiger partial charge in [-0.1, -0.05) is 103 Å². The fraction of sp³-hybridized carbons (Fsp3) is 0. The first kappa shape index (κ1) is 24.4. The van der Waals surface area contributed by atoms with Gasteiger partial charge in [0.1, 0.15) is 0 Å². The molecule has 0 saturated heterocycles. The Morgan fingerprint density at radius 1 is 0.295 bits per heavy atom. The van der Waals surface area contributed by atoms with Gasteiger partial charge in [-0.05, 0) is 108 Å². The lowest BCUT2D eigenvalue weighted by atomic mass is 9.94. The molecule has 204 valence electrons. The molecule has 0 fully saturated rings. The number of fused-ring (bicyclic) bond motifs is 9. The van der Waals surface area contributed by atoms with Gasteiger partial charge in [0.05, 0.1) is 9.40 Å². The lowest BCUT2D eigenvalue weighted by Gasteiger charge is -2.10. The van der Waals surface area contributed by atoms with E-state index in [0.29, 0.717) is 0 Å². The Bertz CT molecular complexity index is 2770. The molecule has 0 spiro atoms. The third-order valence-electron chi connectivity index (χ3n) is 9.18. The van der Waals surface area contributed by atoms with Crippen LogP contribution in [0.15, 0.2) is 146 Å². The summed E-state index contributed by atoms with van der Waals surface area (Å²) in [4.78, 5) is 0. The molecule has 10 aromatic rings. The number of rotatable bonds is 2. The molecule has 2 heteroatoms. The van der Waals surface area contributed by atoms with Gasteiger partial charge in [0.25, 0.3) is 0 Å². The maximum absolute atomic E-state index is 2.42. The molecule has 0 aliphatic heterocycles. The molecular weight excluding hydrogens is 569 g/mol. The summed E-state index contributed by atoms with van der Waals surface area (Å²) in [5.74, 6) is 0. The average molecular weight is 593 g/mol. The second-order valence-electron chi connectivity index (χ2n) is 11.8. The zero-order valence-corrected chi connectivity index (χ0v) is 25.3. The van der Waals surface area contributed by atoms with E-state index >= 15 is 0 Å². The highest BCUT2D eigenvalue weighted by Crippen LogP contribution is 2.46. The van der Waals surface area contributed by atoms with Gasteiger partial charge in [-0.3, -0.25) is 0 Å². The minimum atomic E-state index is 1.25. The quantitative estimate of drug-likeness (QED) is 0.187. The summed E-state index contributed by atoms with van der Waals surface area (Å²) >= 11 is 3.87. The molecule has 10 rings (SSSR count). The molecule has 8 aromatic carbocycles. The number of thiophene rings is 2. The summed E-state index contributed by atoms with van der Waals surface area (Å²) in [6, 6.07) is 54.1. The van der Waals surface area contributed by atoms with Crippen molar-refractivity contribution in [2.24, 2.45) is 0 Å². The second kappa shape index (κ2) is 9.24. The van der Waals surface area contributed by atoms with E-state index in [1.165, 1.54) is 94.9 Å². The van der Waals surface area contributed by atoms with Crippen LogP contribution in [-0.2, 0) is 0 Å². The van der Waals surface area contributed by atoms with Crippen molar-refractivity contribution in [2.45, 2.75) is 0 Å². The average Bonchev–Trinajstić information content (AvgIpc) is 3.60. The van der Waals surface area contributed by atoms with Crippen LogP contribution in [0.1, 0.15) is 0 Å². The highest BCUT2D eigenvalue weighted by atomic mass is 32.1. The van der Waals surface area contributed by atoms with Crippen molar-refractivity contribution in [1.82, 2.24) is 0 Å². The van der Waals surface area contributed by atoms with Crippen molar-refractivity contribution >= 4 is 95.3 Å². The monoisotopic (exact) mass is 592 g/mol. The van der Waals surface area contributed by atoms with Gasteiger partial charge >= 0.3 is 0 Å². The van der Waals surface area contributed by atoms with Crippen LogP contribution in [0.5, 0.6) is 0 Å². The van der Waals surface area contributed by atoms with Gasteiger partial charge in [-0.25, -0.2) is 0 Å². The molecule has 0 atom stereocenters. The van der Waals surface area contributed by atoms with Crippen LogP contribution >= 0.6 is 22.7 Å². The predicted molar refractivity (Wildman–Crippen MR) is 196 cm³/mol. The standard InChI is InChI=1S/C42H24S2/c1-2-8-27-23-39-37(21-26(27)7-1)41-42(43-39)38-22-34-20-31(14-15-32(34)24-40(38)44-41)28-12-13-30-19-33(17-16-29(30)18-28)36-11-5-9-25-6-3-4-10-35(25)36/h1-24H. The largest absolute Gasteiger partial charge is 0.134 e. The van der Waals surface area contributed by atoms with Crippen LogP contribution in [-0.4, -0.2) is 0 Å². The summed E-state index contributed by atoms with van der Waals surface area (Å²) in [5, 5.41) is 13.1. The molecule has 2 heterocycles. The number of benzene rings is 8. The van der Waals surface area contributed by atoms with E-state index in [-0.39, 0.29) is 0 Å². The highest BCUT2D eigenvalue weighted by molar-refractivity contribution is 7.36. The fourth-order valence-corrected chi connectivity index (χ4v) is 9.63. The van der Waals surface area contributed by atoms with E-state index in [2.05, 4.69) is 146 Å². The van der Waals surface area contributed by atoms with Gasteiger partial charge in [-0.15, -0.1) is 22.7 Å². The first-order valence-corrected chi connectivity index (χ1v) is 16.6. The maximum atomic E-state index is 2.42. The summed E-state index contributed by atoms with van der Waals surface area (Å²) in [7, 11) is 0. The summed E-state index contributed by atoms with van der Waals surface area (Å²) in [5.41, 5.74) is 5.05. The summed E-state index contributed by atoms with van der Waals surface area (Å²) < 4.78 is 5.57. The van der Waals surface area contributed by atoms with Gasteiger partial charge in [0, 0.05) is 20.2 Å². The molecule has 0 unspecified atom stereocenters. The van der Waals surface area contributed by atoms with Gasteiger partial charge in [-0.2, -0.15) is 0 Å². The fourth-order valence-electron chi connectivity index (χ4n) is 6.94. The van der Waals surface area contributed by atoms with Crippen LogP contribution in [0.25, 0.3) is 94.9 Å². The van der Waals surface area contributed by atoms with Gasteiger partial charge in [0.2, 0.25) is 0 Å². The van der Waals surface area contributed by atoms with Crippen LogP contribution < -0.4 is 0 Å². The van der Waals surface area contributed by atoms with Gasteiger partial charge in [0.15, 0.2) is 0 Å². The SMILES string of the molecule is c1ccc2cc3c(cc2c1)sc1c2cc4cc(-c5ccc6cc(-c7cccc8ccccc78)ccc6c5)ccc4cc2sc31. The molecule has 0 bridgehead atoms. The van der Waals surface area contributed by atoms with Crippen LogP contribution in [0.4, 0.5) is 0 Å². The second-order valence-corrected chi connectivity index (χ2v) is 13.9. The molecule has 0 aliphatic carbocycles. The zero-order valence-electron chi connectivity index (χ0n) is 23.7. The third kappa shape index (κ3) is 3.68. The Balaban J connectivity index is 1.07. The van der Waals surface area contributed by atoms with Gasteiger partial charge < -0.3 is 0 Å². The van der Waals surface area contributed by atoms with E-state index in [9.17, 15) is 0 Å². The molecule has 0 aliphatic rings. The minimum absolute atomic E-state index is 1.25. The molecule has 0 N–H and O–H groups in total. The highest BCUT2D eigenvalue weighted by Gasteiger charge is 2.14.